The molecule has 2 rings (SSSR count). The number of rotatable bonds is 3. The summed E-state index contributed by atoms with van der Waals surface area (Å²) >= 11 is 0. The minimum atomic E-state index is -0.563. The van der Waals surface area contributed by atoms with Gasteiger partial charge in [-0.2, -0.15) is 0 Å². The van der Waals surface area contributed by atoms with Crippen LogP contribution < -0.4 is 0 Å². The molecule has 0 saturated carbocycles. The number of hydrogen-bond donors (Lipinski definition) is 2. The molecule has 1 heterocycles. The minimum Gasteiger partial charge on any atom is -0.394 e. The van der Waals surface area contributed by atoms with Gasteiger partial charge in [-0.25, -0.2) is 5.06 Å². The Morgan fingerprint density at radius 1 is 1.59 bits per heavy atom. The maximum atomic E-state index is 10.8. The first-order chi connectivity index (χ1) is 8.15. The molecule has 0 spiro atoms. The van der Waals surface area contributed by atoms with Crippen LogP contribution in [0.3, 0.4) is 0 Å². The van der Waals surface area contributed by atoms with E-state index in [-0.39, 0.29) is 36.9 Å². The van der Waals surface area contributed by atoms with Gasteiger partial charge in [0.05, 0.1) is 23.8 Å². The van der Waals surface area contributed by atoms with Gasteiger partial charge in [-0.1, -0.05) is 0 Å². The summed E-state index contributed by atoms with van der Waals surface area (Å²) in [5.74, 6) is 0. The molecule has 8 heteroatoms. The maximum Gasteiger partial charge on any atom is 0.296 e. The molecule has 1 aliphatic carbocycles. The molecule has 2 aliphatic rings. The summed E-state index contributed by atoms with van der Waals surface area (Å²) in [6.07, 6.45) is 2.68. The minimum absolute atomic E-state index is 0.0259. The molecule has 0 aromatic rings. The standard InChI is InChI=1S/C9H10N4O4/c14-4-3-10-9-7(13(16)17)2-1-6-8(9)11-5-12(6)15/h1-2,14-15H,3-5H2. The SMILES string of the molecule is O=[N+]([O-])C1=CC=C2C(=NCN2O)C1=NCCO. The van der Waals surface area contributed by atoms with Crippen LogP contribution in [0.15, 0.2) is 33.5 Å². The van der Waals surface area contributed by atoms with Gasteiger partial charge >= 0.3 is 0 Å². The highest BCUT2D eigenvalue weighted by Gasteiger charge is 2.34. The van der Waals surface area contributed by atoms with E-state index in [0.29, 0.717) is 5.70 Å². The van der Waals surface area contributed by atoms with Gasteiger partial charge in [-0.15, -0.1) is 0 Å². The number of fused-ring (bicyclic) bond motifs is 1. The van der Waals surface area contributed by atoms with Crippen LogP contribution in [0.5, 0.6) is 0 Å². The van der Waals surface area contributed by atoms with Gasteiger partial charge in [0.25, 0.3) is 5.70 Å². The fraction of sp³-hybridized carbons (Fsp3) is 0.333. The van der Waals surface area contributed by atoms with Crippen molar-refractivity contribution >= 4 is 11.4 Å². The second-order valence-corrected chi connectivity index (χ2v) is 3.36. The number of aliphatic hydroxyl groups is 1. The Hall–Kier alpha value is -2.06. The molecule has 90 valence electrons. The van der Waals surface area contributed by atoms with Gasteiger partial charge in [0.2, 0.25) is 0 Å². The van der Waals surface area contributed by atoms with Gasteiger partial charge in [0, 0.05) is 6.08 Å². The topological polar surface area (TPSA) is 112 Å². The Kier molecular flexibility index (Phi) is 2.98. The molecule has 2 N–H and O–H groups in total. The van der Waals surface area contributed by atoms with Crippen molar-refractivity contribution in [2.45, 2.75) is 0 Å². The van der Waals surface area contributed by atoms with E-state index < -0.39 is 4.92 Å². The van der Waals surface area contributed by atoms with E-state index in [4.69, 9.17) is 5.11 Å². The number of nitro groups is 1. The molecule has 0 aromatic carbocycles. The van der Waals surface area contributed by atoms with Crippen LogP contribution in [-0.4, -0.2) is 51.5 Å². The molecule has 0 bridgehead atoms. The summed E-state index contributed by atoms with van der Waals surface area (Å²) < 4.78 is 0. The number of aliphatic imine (C=N–C) groups is 2. The molecule has 0 fully saturated rings. The third kappa shape index (κ3) is 1.95. The van der Waals surface area contributed by atoms with E-state index in [1.54, 1.807) is 0 Å². The predicted molar refractivity (Wildman–Crippen MR) is 58.5 cm³/mol. The Balaban J connectivity index is 2.43. The second-order valence-electron chi connectivity index (χ2n) is 3.36. The summed E-state index contributed by atoms with van der Waals surface area (Å²) in [5, 5.41) is 29.9. The molecule has 0 amide bonds. The van der Waals surface area contributed by atoms with Crippen LogP contribution in [0.1, 0.15) is 0 Å². The van der Waals surface area contributed by atoms with Crippen molar-refractivity contribution in [2.24, 2.45) is 9.98 Å². The molecular weight excluding hydrogens is 228 g/mol. The van der Waals surface area contributed by atoms with E-state index >= 15 is 0 Å². The van der Waals surface area contributed by atoms with Crippen molar-refractivity contribution < 1.29 is 15.2 Å². The fourth-order valence-corrected chi connectivity index (χ4v) is 1.60. The van der Waals surface area contributed by atoms with E-state index in [2.05, 4.69) is 9.98 Å². The van der Waals surface area contributed by atoms with Crippen molar-refractivity contribution in [3.05, 3.63) is 33.7 Å². The lowest BCUT2D eigenvalue weighted by atomic mass is 10.0. The molecule has 0 unspecified atom stereocenters. The zero-order valence-electron chi connectivity index (χ0n) is 8.78. The normalized spacial score (nSPS) is 20.9. The Bertz CT molecular complexity index is 477. The van der Waals surface area contributed by atoms with E-state index in [9.17, 15) is 15.3 Å². The maximum absolute atomic E-state index is 10.8. The van der Waals surface area contributed by atoms with E-state index in [0.717, 1.165) is 5.06 Å². The number of allylic oxidation sites excluding steroid dienone is 4. The lowest BCUT2D eigenvalue weighted by Crippen LogP contribution is -2.28. The van der Waals surface area contributed by atoms with Crippen LogP contribution in [0.2, 0.25) is 0 Å². The molecule has 8 nitrogen and oxygen atoms in total. The van der Waals surface area contributed by atoms with Crippen molar-refractivity contribution in [1.82, 2.24) is 5.06 Å². The zero-order chi connectivity index (χ0) is 12.4. The lowest BCUT2D eigenvalue weighted by Gasteiger charge is -2.14. The highest BCUT2D eigenvalue weighted by molar-refractivity contribution is 6.54. The first-order valence-corrected chi connectivity index (χ1v) is 4.89. The smallest absolute Gasteiger partial charge is 0.296 e. The van der Waals surface area contributed by atoms with Crippen molar-refractivity contribution in [3.8, 4) is 0 Å². The summed E-state index contributed by atoms with van der Waals surface area (Å²) in [7, 11) is 0. The Morgan fingerprint density at radius 2 is 2.35 bits per heavy atom. The molecule has 0 aromatic heterocycles. The van der Waals surface area contributed by atoms with Crippen molar-refractivity contribution in [1.29, 1.82) is 0 Å². The average Bonchev–Trinajstić information content (AvgIpc) is 2.68. The number of hydroxylamine groups is 2. The highest BCUT2D eigenvalue weighted by atomic mass is 16.6. The fourth-order valence-electron chi connectivity index (χ4n) is 1.60. The lowest BCUT2D eigenvalue weighted by molar-refractivity contribution is -0.414. The largest absolute Gasteiger partial charge is 0.394 e. The van der Waals surface area contributed by atoms with E-state index in [1.807, 2.05) is 0 Å². The molecular formula is C9H10N4O4. The van der Waals surface area contributed by atoms with Crippen molar-refractivity contribution in [3.63, 3.8) is 0 Å². The number of aliphatic hydroxyl groups excluding tert-OH is 1. The highest BCUT2D eigenvalue weighted by Crippen LogP contribution is 2.21. The molecule has 0 radical (unpaired) electrons. The Labute approximate surface area is 96.0 Å². The number of hydrogen-bond acceptors (Lipinski definition) is 7. The van der Waals surface area contributed by atoms with Crippen molar-refractivity contribution in [2.75, 3.05) is 19.8 Å². The first-order valence-electron chi connectivity index (χ1n) is 4.89. The van der Waals surface area contributed by atoms with Gasteiger partial charge in [-0.05, 0) is 6.08 Å². The number of nitrogens with zero attached hydrogens (tertiary/aromatic N) is 4. The van der Waals surface area contributed by atoms with Crippen LogP contribution in [0, 0.1) is 10.1 Å². The van der Waals surface area contributed by atoms with Crippen LogP contribution in [0.4, 0.5) is 0 Å². The van der Waals surface area contributed by atoms with Crippen LogP contribution >= 0.6 is 0 Å². The van der Waals surface area contributed by atoms with Crippen LogP contribution in [-0.2, 0) is 0 Å². The summed E-state index contributed by atoms with van der Waals surface area (Å²) in [6, 6.07) is 0. The molecule has 1 aliphatic heterocycles. The predicted octanol–water partition coefficient (Wildman–Crippen LogP) is -0.419. The van der Waals surface area contributed by atoms with E-state index in [1.165, 1.54) is 12.2 Å². The summed E-state index contributed by atoms with van der Waals surface area (Å²) in [5.41, 5.74) is 0.580. The van der Waals surface area contributed by atoms with Gasteiger partial charge in [-0.3, -0.25) is 25.3 Å². The molecule has 17 heavy (non-hydrogen) atoms. The summed E-state index contributed by atoms with van der Waals surface area (Å²) in [4.78, 5) is 18.2. The average molecular weight is 238 g/mol. The van der Waals surface area contributed by atoms with Gasteiger partial charge < -0.3 is 5.11 Å². The second kappa shape index (κ2) is 4.44. The molecule has 0 saturated heterocycles. The third-order valence-electron chi connectivity index (χ3n) is 2.32. The monoisotopic (exact) mass is 238 g/mol. The Morgan fingerprint density at radius 3 is 3.00 bits per heavy atom. The first kappa shape index (κ1) is 11.4. The third-order valence-corrected chi connectivity index (χ3v) is 2.32. The van der Waals surface area contributed by atoms with Gasteiger partial charge in [0.15, 0.2) is 5.71 Å². The molecule has 0 atom stereocenters. The summed E-state index contributed by atoms with van der Waals surface area (Å²) in [6.45, 7) is -0.125. The van der Waals surface area contributed by atoms with Gasteiger partial charge in [0.1, 0.15) is 12.4 Å². The quantitative estimate of drug-likeness (QED) is 0.394. The zero-order valence-corrected chi connectivity index (χ0v) is 8.78. The van der Waals surface area contributed by atoms with Crippen LogP contribution in [0.25, 0.3) is 0 Å².